The molecule has 1 aliphatic rings. The number of amides is 1. The van der Waals surface area contributed by atoms with Crippen molar-refractivity contribution in [3.8, 4) is 17.0 Å². The fourth-order valence-electron chi connectivity index (χ4n) is 3.52. The average molecular weight is 454 g/mol. The normalized spacial score (nSPS) is 14.2. The molecule has 10 heteroatoms. The molecule has 166 valence electrons. The summed E-state index contributed by atoms with van der Waals surface area (Å²) in [5.41, 5.74) is 2.31. The number of carbonyl (C=O) groups is 1. The lowest BCUT2D eigenvalue weighted by Gasteiger charge is -2.33. The van der Waals surface area contributed by atoms with Crippen LogP contribution in [0.3, 0.4) is 0 Å². The van der Waals surface area contributed by atoms with Crippen LogP contribution < -0.4 is 15.0 Å². The average Bonchev–Trinajstić information content (AvgIpc) is 3.27. The Morgan fingerprint density at radius 2 is 1.88 bits per heavy atom. The van der Waals surface area contributed by atoms with Gasteiger partial charge in [0.15, 0.2) is 5.13 Å². The van der Waals surface area contributed by atoms with Crippen molar-refractivity contribution in [1.29, 1.82) is 0 Å². The SMILES string of the molecule is COc1ccc(-c2csc(NC(=O)c3ccc(N4CCN(C)CC4)c([N+](=O)[O-])c3)n2)cc1. The van der Waals surface area contributed by atoms with E-state index in [2.05, 4.69) is 15.2 Å². The van der Waals surface area contributed by atoms with Crippen LogP contribution in [0.5, 0.6) is 5.75 Å². The fourth-order valence-corrected chi connectivity index (χ4v) is 4.24. The van der Waals surface area contributed by atoms with Gasteiger partial charge in [-0.05, 0) is 43.4 Å². The maximum absolute atomic E-state index is 12.7. The number of piperazine rings is 1. The Balaban J connectivity index is 1.50. The smallest absolute Gasteiger partial charge is 0.293 e. The van der Waals surface area contributed by atoms with Crippen LogP contribution in [0, 0.1) is 10.1 Å². The van der Waals surface area contributed by atoms with E-state index in [-0.39, 0.29) is 11.3 Å². The van der Waals surface area contributed by atoms with Gasteiger partial charge in [-0.2, -0.15) is 0 Å². The maximum atomic E-state index is 12.7. The number of nitrogens with zero attached hydrogens (tertiary/aromatic N) is 4. The fraction of sp³-hybridized carbons (Fsp3) is 0.273. The summed E-state index contributed by atoms with van der Waals surface area (Å²) in [7, 11) is 3.63. The zero-order chi connectivity index (χ0) is 22.7. The summed E-state index contributed by atoms with van der Waals surface area (Å²) in [5, 5.41) is 16.7. The molecule has 1 aromatic heterocycles. The minimum absolute atomic E-state index is 0.0692. The number of ether oxygens (including phenoxy) is 1. The monoisotopic (exact) mass is 453 g/mol. The molecule has 32 heavy (non-hydrogen) atoms. The molecule has 4 rings (SSSR count). The van der Waals surface area contributed by atoms with Gasteiger partial charge in [-0.25, -0.2) is 4.98 Å². The molecule has 0 bridgehead atoms. The molecule has 1 fully saturated rings. The lowest BCUT2D eigenvalue weighted by molar-refractivity contribution is -0.384. The van der Waals surface area contributed by atoms with Crippen LogP contribution in [0.2, 0.25) is 0 Å². The third-order valence-corrected chi connectivity index (χ3v) is 6.15. The molecular formula is C22H23N5O4S. The Morgan fingerprint density at radius 1 is 1.16 bits per heavy atom. The molecule has 1 saturated heterocycles. The van der Waals surface area contributed by atoms with Gasteiger partial charge >= 0.3 is 0 Å². The van der Waals surface area contributed by atoms with Crippen molar-refractivity contribution >= 4 is 33.8 Å². The second-order valence-corrected chi connectivity index (χ2v) is 8.33. The lowest BCUT2D eigenvalue weighted by atomic mass is 10.1. The third kappa shape index (κ3) is 4.71. The number of nitrogens with one attached hydrogen (secondary N) is 1. The highest BCUT2D eigenvalue weighted by Gasteiger charge is 2.24. The summed E-state index contributed by atoms with van der Waals surface area (Å²) in [6.45, 7) is 3.08. The van der Waals surface area contributed by atoms with Crippen LogP contribution in [-0.4, -0.2) is 61.1 Å². The summed E-state index contributed by atoms with van der Waals surface area (Å²) in [6, 6.07) is 12.1. The van der Waals surface area contributed by atoms with Crippen molar-refractivity contribution in [3.63, 3.8) is 0 Å². The molecule has 0 radical (unpaired) electrons. The van der Waals surface area contributed by atoms with Crippen LogP contribution in [0.4, 0.5) is 16.5 Å². The largest absolute Gasteiger partial charge is 0.497 e. The van der Waals surface area contributed by atoms with Gasteiger partial charge in [-0.1, -0.05) is 0 Å². The van der Waals surface area contributed by atoms with Crippen LogP contribution in [0.15, 0.2) is 47.8 Å². The number of likely N-dealkylation sites (N-methyl/N-ethyl adjacent to an activating group) is 1. The van der Waals surface area contributed by atoms with Crippen molar-refractivity contribution in [2.24, 2.45) is 0 Å². The second-order valence-electron chi connectivity index (χ2n) is 7.47. The van der Waals surface area contributed by atoms with E-state index in [4.69, 9.17) is 4.74 Å². The predicted octanol–water partition coefficient (Wildman–Crippen LogP) is 3.73. The molecule has 0 saturated carbocycles. The Labute approximate surface area is 189 Å². The van der Waals surface area contributed by atoms with Gasteiger partial charge in [-0.15, -0.1) is 11.3 Å². The first-order valence-corrected chi connectivity index (χ1v) is 11.0. The molecule has 9 nitrogen and oxygen atoms in total. The van der Waals surface area contributed by atoms with Crippen molar-refractivity contribution < 1.29 is 14.5 Å². The van der Waals surface area contributed by atoms with Crippen LogP contribution in [-0.2, 0) is 0 Å². The summed E-state index contributed by atoms with van der Waals surface area (Å²) in [6.07, 6.45) is 0. The number of nitro groups is 1. The molecule has 2 aromatic carbocycles. The molecular weight excluding hydrogens is 430 g/mol. The van der Waals surface area contributed by atoms with Crippen LogP contribution >= 0.6 is 11.3 Å². The number of methoxy groups -OCH3 is 1. The summed E-state index contributed by atoms with van der Waals surface area (Å²) < 4.78 is 5.16. The number of carbonyl (C=O) groups excluding carboxylic acids is 1. The Hall–Kier alpha value is -3.50. The Kier molecular flexibility index (Phi) is 6.33. The minimum atomic E-state index is -0.436. The number of aromatic nitrogens is 1. The van der Waals surface area contributed by atoms with E-state index in [9.17, 15) is 14.9 Å². The first-order chi connectivity index (χ1) is 15.4. The number of nitro benzene ring substituents is 1. The number of rotatable bonds is 6. The highest BCUT2D eigenvalue weighted by Crippen LogP contribution is 2.31. The molecule has 0 aliphatic carbocycles. The van der Waals surface area contributed by atoms with E-state index in [1.54, 1.807) is 19.2 Å². The van der Waals surface area contributed by atoms with Crippen LogP contribution in [0.25, 0.3) is 11.3 Å². The van der Waals surface area contributed by atoms with E-state index in [1.807, 2.05) is 41.6 Å². The highest BCUT2D eigenvalue weighted by atomic mass is 32.1. The van der Waals surface area contributed by atoms with Gasteiger partial charge in [0.1, 0.15) is 11.4 Å². The Bertz CT molecular complexity index is 1120. The summed E-state index contributed by atoms with van der Waals surface area (Å²) in [5.74, 6) is 0.313. The van der Waals surface area contributed by atoms with Crippen molar-refractivity contribution in [2.45, 2.75) is 0 Å². The lowest BCUT2D eigenvalue weighted by Crippen LogP contribution is -2.44. The standard InChI is InChI=1S/C22H23N5O4S/c1-25-9-11-26(12-10-25)19-8-5-16(13-20(19)27(29)30)21(28)24-22-23-18(14-32-22)15-3-6-17(31-2)7-4-15/h3-8,13-14H,9-12H2,1-2H3,(H,23,24,28). The maximum Gasteiger partial charge on any atom is 0.293 e. The van der Waals surface area contributed by atoms with Crippen molar-refractivity contribution in [2.75, 3.05) is 50.6 Å². The zero-order valence-corrected chi connectivity index (χ0v) is 18.6. The van der Waals surface area contributed by atoms with E-state index in [0.717, 1.165) is 30.1 Å². The number of hydrogen-bond acceptors (Lipinski definition) is 8. The molecule has 0 atom stereocenters. The number of anilines is 2. The Morgan fingerprint density at radius 3 is 2.53 bits per heavy atom. The van der Waals surface area contributed by atoms with Gasteiger partial charge in [0, 0.05) is 48.8 Å². The second kappa shape index (κ2) is 9.33. The van der Waals surface area contributed by atoms with E-state index >= 15 is 0 Å². The van der Waals surface area contributed by atoms with E-state index in [0.29, 0.717) is 23.9 Å². The number of hydrogen-bond donors (Lipinski definition) is 1. The van der Waals surface area contributed by atoms with Gasteiger partial charge < -0.3 is 14.5 Å². The first kappa shape index (κ1) is 21.7. The summed E-state index contributed by atoms with van der Waals surface area (Å²) >= 11 is 1.29. The number of benzene rings is 2. The summed E-state index contributed by atoms with van der Waals surface area (Å²) in [4.78, 5) is 32.6. The predicted molar refractivity (Wildman–Crippen MR) is 125 cm³/mol. The van der Waals surface area contributed by atoms with Gasteiger partial charge in [0.05, 0.1) is 17.7 Å². The molecule has 2 heterocycles. The molecule has 1 aliphatic heterocycles. The molecule has 3 aromatic rings. The van der Waals surface area contributed by atoms with Crippen molar-refractivity contribution in [3.05, 3.63) is 63.5 Å². The topological polar surface area (TPSA) is 101 Å². The zero-order valence-electron chi connectivity index (χ0n) is 17.8. The first-order valence-electron chi connectivity index (χ1n) is 10.1. The number of thiazole rings is 1. The molecule has 1 N–H and O–H groups in total. The van der Waals surface area contributed by atoms with Gasteiger partial charge in [0.25, 0.3) is 11.6 Å². The third-order valence-electron chi connectivity index (χ3n) is 5.39. The van der Waals surface area contributed by atoms with Gasteiger partial charge in [0.2, 0.25) is 0 Å². The quantitative estimate of drug-likeness (QED) is 0.448. The van der Waals surface area contributed by atoms with E-state index in [1.165, 1.54) is 17.4 Å². The molecule has 0 unspecified atom stereocenters. The molecule has 1 amide bonds. The minimum Gasteiger partial charge on any atom is -0.497 e. The molecule has 0 spiro atoms. The van der Waals surface area contributed by atoms with Crippen LogP contribution in [0.1, 0.15) is 10.4 Å². The van der Waals surface area contributed by atoms with Crippen molar-refractivity contribution in [1.82, 2.24) is 9.88 Å². The highest BCUT2D eigenvalue weighted by molar-refractivity contribution is 7.14. The van der Waals surface area contributed by atoms with Gasteiger partial charge in [-0.3, -0.25) is 20.2 Å². The van der Waals surface area contributed by atoms with E-state index < -0.39 is 10.8 Å².